The van der Waals surface area contributed by atoms with Crippen LogP contribution in [0.4, 0.5) is 5.69 Å². The summed E-state index contributed by atoms with van der Waals surface area (Å²) in [5.74, 6) is 1.53. The molecule has 1 aromatic heterocycles. The van der Waals surface area contributed by atoms with Crippen LogP contribution in [-0.4, -0.2) is 29.1 Å². The van der Waals surface area contributed by atoms with Gasteiger partial charge in [-0.3, -0.25) is 4.31 Å². The minimum absolute atomic E-state index is 0.0912. The molecule has 1 aromatic carbocycles. The van der Waals surface area contributed by atoms with Gasteiger partial charge in [0.2, 0.25) is 20.0 Å². The van der Waals surface area contributed by atoms with Crippen LogP contribution in [0.15, 0.2) is 39.6 Å². The zero-order valence-corrected chi connectivity index (χ0v) is 16.4. The van der Waals surface area contributed by atoms with Gasteiger partial charge in [0.1, 0.15) is 11.5 Å². The second kappa shape index (κ2) is 7.05. The summed E-state index contributed by atoms with van der Waals surface area (Å²) in [5.41, 5.74) is 1.27. The molecular weight excluding hydrogens is 376 g/mol. The normalized spacial score (nSPS) is 17.4. The Balaban J connectivity index is 1.75. The van der Waals surface area contributed by atoms with Crippen LogP contribution in [0.2, 0.25) is 0 Å². The lowest BCUT2D eigenvalue weighted by molar-refractivity contribution is 0.500. The Morgan fingerprint density at radius 3 is 2.42 bits per heavy atom. The molecule has 1 aliphatic heterocycles. The fourth-order valence-electron chi connectivity index (χ4n) is 2.99. The van der Waals surface area contributed by atoms with Gasteiger partial charge in [-0.05, 0) is 57.0 Å². The van der Waals surface area contributed by atoms with Gasteiger partial charge < -0.3 is 4.42 Å². The minimum Gasteiger partial charge on any atom is -0.466 e. The van der Waals surface area contributed by atoms with Crippen LogP contribution >= 0.6 is 0 Å². The highest BCUT2D eigenvalue weighted by molar-refractivity contribution is 7.92. The molecule has 142 valence electrons. The summed E-state index contributed by atoms with van der Waals surface area (Å²) < 4.78 is 58.5. The average Bonchev–Trinajstić information content (AvgIpc) is 2.90. The monoisotopic (exact) mass is 398 g/mol. The lowest BCUT2D eigenvalue weighted by Crippen LogP contribution is -2.37. The van der Waals surface area contributed by atoms with E-state index in [2.05, 4.69) is 4.72 Å². The molecule has 1 aliphatic rings. The van der Waals surface area contributed by atoms with E-state index in [-0.39, 0.29) is 17.2 Å². The van der Waals surface area contributed by atoms with Crippen molar-refractivity contribution in [3.63, 3.8) is 0 Å². The van der Waals surface area contributed by atoms with Gasteiger partial charge in [0.05, 0.1) is 16.3 Å². The van der Waals surface area contributed by atoms with Crippen molar-refractivity contribution < 1.29 is 21.3 Å². The first-order valence-corrected chi connectivity index (χ1v) is 11.4. The Kier molecular flexibility index (Phi) is 5.14. The van der Waals surface area contributed by atoms with Crippen LogP contribution in [-0.2, 0) is 26.6 Å². The Morgan fingerprint density at radius 1 is 1.15 bits per heavy atom. The zero-order chi connectivity index (χ0) is 18.9. The first kappa shape index (κ1) is 18.9. The number of hydrogen-bond donors (Lipinski definition) is 1. The third-order valence-corrected chi connectivity index (χ3v) is 7.67. The highest BCUT2D eigenvalue weighted by atomic mass is 32.2. The molecule has 26 heavy (non-hydrogen) atoms. The number of nitrogens with one attached hydrogen (secondary N) is 1. The fraction of sp³-hybridized carbons (Fsp3) is 0.412. The van der Waals surface area contributed by atoms with Crippen LogP contribution in [0.3, 0.4) is 0 Å². The van der Waals surface area contributed by atoms with E-state index in [9.17, 15) is 16.8 Å². The largest absolute Gasteiger partial charge is 0.466 e. The molecule has 0 bridgehead atoms. The molecule has 0 amide bonds. The quantitative estimate of drug-likeness (QED) is 0.834. The third-order valence-electron chi connectivity index (χ3n) is 4.38. The summed E-state index contributed by atoms with van der Waals surface area (Å²) in [5, 5.41) is 0. The standard InChI is InChI=1S/C17H22N2O5S2/c1-13-11-15(14(2)24-13)12-18-26(22,23)17-7-5-16(6-8-17)19-9-3-4-10-25(19,20)21/h5-8,11,18H,3-4,9-10,12H2,1-2H3. The second-order valence-corrected chi connectivity index (χ2v) is 10.1. The van der Waals surface area contributed by atoms with E-state index in [4.69, 9.17) is 4.42 Å². The molecule has 0 spiro atoms. The molecule has 2 heterocycles. The van der Waals surface area contributed by atoms with Crippen molar-refractivity contribution in [2.75, 3.05) is 16.6 Å². The van der Waals surface area contributed by atoms with Crippen LogP contribution in [0, 0.1) is 13.8 Å². The summed E-state index contributed by atoms with van der Waals surface area (Å²) in [7, 11) is -7.02. The molecule has 3 rings (SSSR count). The molecule has 0 radical (unpaired) electrons. The van der Waals surface area contributed by atoms with Crippen molar-refractivity contribution in [2.45, 2.75) is 38.1 Å². The van der Waals surface area contributed by atoms with Crippen molar-refractivity contribution in [1.29, 1.82) is 0 Å². The second-order valence-electron chi connectivity index (χ2n) is 6.35. The van der Waals surface area contributed by atoms with E-state index in [0.29, 0.717) is 24.4 Å². The first-order chi connectivity index (χ1) is 12.2. The van der Waals surface area contributed by atoms with Gasteiger partial charge in [0, 0.05) is 18.7 Å². The molecule has 1 fully saturated rings. The fourth-order valence-corrected chi connectivity index (χ4v) is 5.63. The maximum absolute atomic E-state index is 12.5. The predicted octanol–water partition coefficient (Wildman–Crippen LogP) is 2.30. The third kappa shape index (κ3) is 3.94. The Morgan fingerprint density at radius 2 is 1.85 bits per heavy atom. The van der Waals surface area contributed by atoms with Crippen molar-refractivity contribution in [3.8, 4) is 0 Å². The highest BCUT2D eigenvalue weighted by Crippen LogP contribution is 2.25. The molecular formula is C17H22N2O5S2. The molecule has 1 N–H and O–H groups in total. The number of benzene rings is 1. The van der Waals surface area contributed by atoms with Gasteiger partial charge in [-0.15, -0.1) is 0 Å². The van der Waals surface area contributed by atoms with Gasteiger partial charge in [-0.25, -0.2) is 21.6 Å². The van der Waals surface area contributed by atoms with Gasteiger partial charge in [0.25, 0.3) is 0 Å². The van der Waals surface area contributed by atoms with Crippen LogP contribution in [0.5, 0.6) is 0 Å². The number of rotatable bonds is 5. The number of anilines is 1. The van der Waals surface area contributed by atoms with Crippen molar-refractivity contribution in [1.82, 2.24) is 4.72 Å². The number of furan rings is 1. The summed E-state index contributed by atoms with van der Waals surface area (Å²) in [6.45, 7) is 4.14. The number of aryl methyl sites for hydroxylation is 2. The maximum Gasteiger partial charge on any atom is 0.240 e. The highest BCUT2D eigenvalue weighted by Gasteiger charge is 2.26. The van der Waals surface area contributed by atoms with E-state index in [1.54, 1.807) is 19.9 Å². The number of sulfonamides is 2. The Bertz CT molecular complexity index is 992. The molecule has 0 unspecified atom stereocenters. The van der Waals surface area contributed by atoms with Crippen molar-refractivity contribution in [2.24, 2.45) is 0 Å². The molecule has 0 saturated carbocycles. The smallest absolute Gasteiger partial charge is 0.240 e. The maximum atomic E-state index is 12.5. The number of hydrogen-bond acceptors (Lipinski definition) is 5. The lowest BCUT2D eigenvalue weighted by atomic mass is 10.2. The summed E-state index contributed by atoms with van der Waals surface area (Å²) in [4.78, 5) is 0.0912. The molecule has 0 atom stereocenters. The van der Waals surface area contributed by atoms with Crippen LogP contribution < -0.4 is 9.03 Å². The van der Waals surface area contributed by atoms with E-state index in [1.165, 1.54) is 28.6 Å². The summed E-state index contributed by atoms with van der Waals surface area (Å²) >= 11 is 0. The molecule has 0 aliphatic carbocycles. The van der Waals surface area contributed by atoms with E-state index in [1.807, 2.05) is 0 Å². The SMILES string of the molecule is Cc1cc(CNS(=O)(=O)c2ccc(N3CCCCS3(=O)=O)cc2)c(C)o1. The van der Waals surface area contributed by atoms with E-state index in [0.717, 1.165) is 17.7 Å². The number of nitrogens with zero attached hydrogens (tertiary/aromatic N) is 1. The summed E-state index contributed by atoms with van der Waals surface area (Å²) in [6.07, 6.45) is 1.45. The lowest BCUT2D eigenvalue weighted by Gasteiger charge is -2.28. The zero-order valence-electron chi connectivity index (χ0n) is 14.7. The first-order valence-electron chi connectivity index (χ1n) is 8.35. The van der Waals surface area contributed by atoms with Gasteiger partial charge in [-0.1, -0.05) is 0 Å². The predicted molar refractivity (Wildman–Crippen MR) is 99.0 cm³/mol. The topological polar surface area (TPSA) is 96.7 Å². The molecule has 1 saturated heterocycles. The minimum atomic E-state index is -3.70. The van der Waals surface area contributed by atoms with E-state index >= 15 is 0 Å². The van der Waals surface area contributed by atoms with Crippen molar-refractivity contribution >= 4 is 25.7 Å². The molecule has 7 nitrogen and oxygen atoms in total. The van der Waals surface area contributed by atoms with Crippen molar-refractivity contribution in [3.05, 3.63) is 47.4 Å². The van der Waals surface area contributed by atoms with E-state index < -0.39 is 20.0 Å². The van der Waals surface area contributed by atoms with Gasteiger partial charge >= 0.3 is 0 Å². The molecule has 9 heteroatoms. The van der Waals surface area contributed by atoms with Crippen LogP contribution in [0.1, 0.15) is 29.9 Å². The Hall–Kier alpha value is -1.84. The molecule has 2 aromatic rings. The van der Waals surface area contributed by atoms with Crippen LogP contribution in [0.25, 0.3) is 0 Å². The van der Waals surface area contributed by atoms with Gasteiger partial charge in [-0.2, -0.15) is 0 Å². The summed E-state index contributed by atoms with van der Waals surface area (Å²) in [6, 6.07) is 7.71. The van der Waals surface area contributed by atoms with Gasteiger partial charge in [0.15, 0.2) is 0 Å². The average molecular weight is 399 g/mol. The Labute approximate surface area is 154 Å².